The lowest BCUT2D eigenvalue weighted by atomic mass is 10.0. The third-order valence-electron chi connectivity index (χ3n) is 4.00. The van der Waals surface area contributed by atoms with Crippen molar-refractivity contribution in [1.29, 1.82) is 5.26 Å². The molecule has 0 aliphatic carbocycles. The SMILES string of the molecule is N#C/C(=C\c1ccc(-c2nnoc2-c2ccc3ccccc3c2)s1)C(=O)O. The summed E-state index contributed by atoms with van der Waals surface area (Å²) in [4.78, 5) is 12.4. The second-order valence-electron chi connectivity index (χ2n) is 5.69. The van der Waals surface area contributed by atoms with Gasteiger partial charge in [0.05, 0.1) is 4.88 Å². The van der Waals surface area contributed by atoms with Crippen LogP contribution in [0, 0.1) is 11.3 Å². The van der Waals surface area contributed by atoms with Crippen LogP contribution in [0.2, 0.25) is 0 Å². The summed E-state index contributed by atoms with van der Waals surface area (Å²) in [7, 11) is 0. The summed E-state index contributed by atoms with van der Waals surface area (Å²) in [5.74, 6) is -0.718. The fourth-order valence-electron chi connectivity index (χ4n) is 2.71. The van der Waals surface area contributed by atoms with E-state index in [1.165, 1.54) is 17.4 Å². The zero-order valence-corrected chi connectivity index (χ0v) is 14.6. The van der Waals surface area contributed by atoms with E-state index in [4.69, 9.17) is 14.9 Å². The minimum atomic E-state index is -1.26. The van der Waals surface area contributed by atoms with Crippen LogP contribution in [0.4, 0.5) is 0 Å². The van der Waals surface area contributed by atoms with Gasteiger partial charge < -0.3 is 9.63 Å². The van der Waals surface area contributed by atoms with Gasteiger partial charge in [0.25, 0.3) is 0 Å². The van der Waals surface area contributed by atoms with Crippen LogP contribution in [0.3, 0.4) is 0 Å². The molecule has 1 N–H and O–H groups in total. The minimum Gasteiger partial charge on any atom is -0.477 e. The van der Waals surface area contributed by atoms with Crippen LogP contribution < -0.4 is 0 Å². The molecule has 7 heteroatoms. The van der Waals surface area contributed by atoms with Crippen molar-refractivity contribution in [2.45, 2.75) is 0 Å². The first-order valence-electron chi connectivity index (χ1n) is 7.92. The van der Waals surface area contributed by atoms with E-state index in [9.17, 15) is 4.79 Å². The van der Waals surface area contributed by atoms with Crippen molar-refractivity contribution in [3.05, 3.63) is 65.0 Å². The van der Waals surface area contributed by atoms with E-state index in [0.29, 0.717) is 16.3 Å². The Labute approximate surface area is 157 Å². The molecule has 0 saturated heterocycles. The normalized spacial score (nSPS) is 11.4. The number of carboxylic acid groups (broad SMARTS) is 1. The van der Waals surface area contributed by atoms with Gasteiger partial charge in [0, 0.05) is 15.7 Å². The molecule has 0 saturated carbocycles. The molecule has 6 nitrogen and oxygen atoms in total. The Morgan fingerprint density at radius 3 is 2.74 bits per heavy atom. The predicted molar refractivity (Wildman–Crippen MR) is 102 cm³/mol. The van der Waals surface area contributed by atoms with Gasteiger partial charge in [0.1, 0.15) is 11.6 Å². The Hall–Kier alpha value is -3.76. The lowest BCUT2D eigenvalue weighted by molar-refractivity contribution is -0.132. The molecule has 0 atom stereocenters. The monoisotopic (exact) mass is 373 g/mol. The fraction of sp³-hybridized carbons (Fsp3) is 0. The first-order chi connectivity index (χ1) is 13.2. The average molecular weight is 373 g/mol. The molecule has 0 amide bonds. The van der Waals surface area contributed by atoms with Crippen molar-refractivity contribution >= 4 is 34.2 Å². The number of nitrogens with zero attached hydrogens (tertiary/aromatic N) is 3. The molecule has 0 aliphatic rings. The zero-order chi connectivity index (χ0) is 18.8. The number of carboxylic acids is 1. The Kier molecular flexibility index (Phi) is 4.24. The topological polar surface area (TPSA) is 100 Å². The van der Waals surface area contributed by atoms with E-state index in [0.717, 1.165) is 21.2 Å². The first-order valence-corrected chi connectivity index (χ1v) is 8.74. The van der Waals surface area contributed by atoms with Crippen molar-refractivity contribution in [3.8, 4) is 28.0 Å². The molecule has 0 spiro atoms. The number of aromatic nitrogens is 2. The first kappa shape index (κ1) is 16.7. The van der Waals surface area contributed by atoms with Gasteiger partial charge in [-0.1, -0.05) is 36.4 Å². The summed E-state index contributed by atoms with van der Waals surface area (Å²) >= 11 is 1.31. The predicted octanol–water partition coefficient (Wildman–Crippen LogP) is 4.61. The largest absolute Gasteiger partial charge is 0.477 e. The van der Waals surface area contributed by atoms with Crippen LogP contribution in [0.15, 0.2) is 64.7 Å². The van der Waals surface area contributed by atoms with Gasteiger partial charge in [-0.15, -0.1) is 16.4 Å². The molecule has 4 rings (SSSR count). The van der Waals surface area contributed by atoms with Gasteiger partial charge in [-0.2, -0.15) is 5.26 Å². The van der Waals surface area contributed by atoms with Crippen molar-refractivity contribution in [3.63, 3.8) is 0 Å². The smallest absolute Gasteiger partial charge is 0.346 e. The second-order valence-corrected chi connectivity index (χ2v) is 6.80. The molecule has 2 aromatic heterocycles. The number of rotatable bonds is 4. The van der Waals surface area contributed by atoms with Crippen molar-refractivity contribution < 1.29 is 14.4 Å². The number of fused-ring (bicyclic) bond motifs is 1. The molecular weight excluding hydrogens is 362 g/mol. The highest BCUT2D eigenvalue weighted by Crippen LogP contribution is 2.36. The molecule has 0 bridgehead atoms. The van der Waals surface area contributed by atoms with E-state index in [1.807, 2.05) is 42.5 Å². The Morgan fingerprint density at radius 1 is 1.15 bits per heavy atom. The van der Waals surface area contributed by atoms with E-state index in [-0.39, 0.29) is 5.57 Å². The molecular formula is C20H11N3O3S. The molecule has 130 valence electrons. The highest BCUT2D eigenvalue weighted by atomic mass is 32.1. The van der Waals surface area contributed by atoms with Gasteiger partial charge in [0.2, 0.25) is 0 Å². The van der Waals surface area contributed by atoms with Crippen molar-refractivity contribution in [2.75, 3.05) is 0 Å². The summed E-state index contributed by atoms with van der Waals surface area (Å²) in [6, 6.07) is 19.2. The van der Waals surface area contributed by atoms with E-state index < -0.39 is 5.97 Å². The molecule has 4 aromatic rings. The standard InChI is InChI=1S/C20H11N3O3S/c21-11-15(20(24)25)10-16-7-8-17(27-16)18-19(26-23-22-18)14-6-5-12-3-1-2-4-13(12)9-14/h1-10H,(H,24,25)/b15-10+. The summed E-state index contributed by atoms with van der Waals surface area (Å²) < 4.78 is 5.39. The van der Waals surface area contributed by atoms with Crippen LogP contribution in [-0.4, -0.2) is 21.4 Å². The number of nitriles is 1. The van der Waals surface area contributed by atoms with Crippen LogP contribution in [0.1, 0.15) is 4.88 Å². The number of thiophene rings is 1. The number of hydrogen-bond acceptors (Lipinski definition) is 6. The fourth-order valence-corrected chi connectivity index (χ4v) is 3.65. The van der Waals surface area contributed by atoms with Gasteiger partial charge in [0.15, 0.2) is 11.5 Å². The van der Waals surface area contributed by atoms with E-state index in [1.54, 1.807) is 18.2 Å². The molecule has 27 heavy (non-hydrogen) atoms. The van der Waals surface area contributed by atoms with E-state index >= 15 is 0 Å². The Morgan fingerprint density at radius 2 is 1.96 bits per heavy atom. The van der Waals surface area contributed by atoms with Gasteiger partial charge in [-0.3, -0.25) is 0 Å². The molecule has 2 heterocycles. The van der Waals surface area contributed by atoms with Crippen molar-refractivity contribution in [1.82, 2.24) is 10.4 Å². The Balaban J connectivity index is 1.74. The highest BCUT2D eigenvalue weighted by Gasteiger charge is 2.17. The van der Waals surface area contributed by atoms with Crippen LogP contribution in [-0.2, 0) is 4.79 Å². The van der Waals surface area contributed by atoms with Crippen LogP contribution >= 0.6 is 11.3 Å². The zero-order valence-electron chi connectivity index (χ0n) is 13.8. The number of aliphatic carboxylic acids is 1. The van der Waals surface area contributed by atoms with Gasteiger partial charge in [-0.05, 0) is 35.0 Å². The average Bonchev–Trinajstić information content (AvgIpc) is 3.34. The third-order valence-corrected chi connectivity index (χ3v) is 5.04. The highest BCUT2D eigenvalue weighted by molar-refractivity contribution is 7.16. The number of carbonyl (C=O) groups is 1. The molecule has 0 unspecified atom stereocenters. The maximum absolute atomic E-state index is 11.0. The van der Waals surface area contributed by atoms with Crippen molar-refractivity contribution in [2.24, 2.45) is 0 Å². The molecule has 0 aliphatic heterocycles. The van der Waals surface area contributed by atoms with Crippen LogP contribution in [0.5, 0.6) is 0 Å². The lowest BCUT2D eigenvalue weighted by Crippen LogP contribution is -1.96. The van der Waals surface area contributed by atoms with Gasteiger partial charge >= 0.3 is 5.97 Å². The molecule has 0 radical (unpaired) electrons. The summed E-state index contributed by atoms with van der Waals surface area (Å²) in [5, 5.41) is 27.8. The maximum Gasteiger partial charge on any atom is 0.346 e. The van der Waals surface area contributed by atoms with Gasteiger partial charge in [-0.25, -0.2) is 4.79 Å². The lowest BCUT2D eigenvalue weighted by Gasteiger charge is -2.01. The number of hydrogen-bond donors (Lipinski definition) is 1. The summed E-state index contributed by atoms with van der Waals surface area (Å²) in [6.07, 6.45) is 1.33. The summed E-state index contributed by atoms with van der Waals surface area (Å²) in [5.41, 5.74) is 1.10. The number of benzene rings is 2. The molecule has 0 fully saturated rings. The summed E-state index contributed by atoms with van der Waals surface area (Å²) in [6.45, 7) is 0. The van der Waals surface area contributed by atoms with Crippen LogP contribution in [0.25, 0.3) is 38.7 Å². The maximum atomic E-state index is 11.0. The second kappa shape index (κ2) is 6.86. The Bertz CT molecular complexity index is 1230. The molecule has 2 aromatic carbocycles. The third kappa shape index (κ3) is 3.21. The quantitative estimate of drug-likeness (QED) is 0.414. The van der Waals surface area contributed by atoms with E-state index in [2.05, 4.69) is 10.4 Å². The minimum absolute atomic E-state index is 0.323.